The Bertz CT molecular complexity index is 280. The molecule has 1 heterocycles. The van der Waals surface area contributed by atoms with Crippen LogP contribution in [0.15, 0.2) is 11.8 Å². The van der Waals surface area contributed by atoms with Crippen LogP contribution in [-0.2, 0) is 19.1 Å². The third-order valence-corrected chi connectivity index (χ3v) is 2.18. The minimum Gasteiger partial charge on any atom is -0.460 e. The minimum absolute atomic E-state index is 0.0477. The number of cyclic esters (lactones) is 1. The van der Waals surface area contributed by atoms with E-state index in [0.29, 0.717) is 6.42 Å². The van der Waals surface area contributed by atoms with E-state index >= 15 is 0 Å². The van der Waals surface area contributed by atoms with E-state index in [1.165, 1.54) is 0 Å². The molecule has 4 heteroatoms. The van der Waals surface area contributed by atoms with Gasteiger partial charge in [0.15, 0.2) is 0 Å². The number of allylic oxidation sites excluding steroid dienone is 1. The summed E-state index contributed by atoms with van der Waals surface area (Å²) >= 11 is 0. The van der Waals surface area contributed by atoms with Gasteiger partial charge in [-0.3, -0.25) is 4.79 Å². The number of carbonyl (C=O) groups is 2. The highest BCUT2D eigenvalue weighted by molar-refractivity contribution is 5.90. The van der Waals surface area contributed by atoms with E-state index in [9.17, 15) is 9.59 Å². The maximum atomic E-state index is 11.3. The van der Waals surface area contributed by atoms with Crippen LogP contribution in [0, 0.1) is 5.92 Å². The molecule has 0 radical (unpaired) electrons. The number of ether oxygens (including phenoxy) is 2. The van der Waals surface area contributed by atoms with Gasteiger partial charge < -0.3 is 9.47 Å². The summed E-state index contributed by atoms with van der Waals surface area (Å²) in [5.41, 5.74) is 0. The Morgan fingerprint density at radius 1 is 1.60 bits per heavy atom. The summed E-state index contributed by atoms with van der Waals surface area (Å²) in [7, 11) is 0. The van der Waals surface area contributed by atoms with E-state index < -0.39 is 5.97 Å². The standard InChI is InChI=1S/C11H16O4/c1-3-5-8-6-9(11(13)14-4-2)15-10(12)7-8/h6,8H,3-5,7H2,1-2H3/t8-/m0/s1. The molecule has 0 N–H and O–H groups in total. The van der Waals surface area contributed by atoms with Crippen molar-refractivity contribution in [3.8, 4) is 0 Å². The Morgan fingerprint density at radius 3 is 2.93 bits per heavy atom. The lowest BCUT2D eigenvalue weighted by Gasteiger charge is -2.18. The summed E-state index contributed by atoms with van der Waals surface area (Å²) in [5, 5.41) is 0. The molecule has 0 aromatic rings. The molecule has 0 saturated heterocycles. The molecule has 0 unspecified atom stereocenters. The third-order valence-electron chi connectivity index (χ3n) is 2.18. The molecular weight excluding hydrogens is 196 g/mol. The first kappa shape index (κ1) is 11.8. The highest BCUT2D eigenvalue weighted by Gasteiger charge is 2.25. The van der Waals surface area contributed by atoms with Crippen molar-refractivity contribution in [3.63, 3.8) is 0 Å². The largest absolute Gasteiger partial charge is 0.460 e. The van der Waals surface area contributed by atoms with Gasteiger partial charge in [0.1, 0.15) is 0 Å². The highest BCUT2D eigenvalue weighted by atomic mass is 16.6. The molecule has 4 nitrogen and oxygen atoms in total. The summed E-state index contributed by atoms with van der Waals surface area (Å²) in [6.07, 6.45) is 3.92. The molecule has 84 valence electrons. The van der Waals surface area contributed by atoms with Gasteiger partial charge in [-0.25, -0.2) is 4.79 Å². The van der Waals surface area contributed by atoms with Crippen LogP contribution >= 0.6 is 0 Å². The normalized spacial score (nSPS) is 20.5. The van der Waals surface area contributed by atoms with E-state index in [0.717, 1.165) is 12.8 Å². The molecule has 1 rings (SSSR count). The Balaban J connectivity index is 2.69. The fourth-order valence-corrected chi connectivity index (χ4v) is 1.55. The van der Waals surface area contributed by atoms with Crippen molar-refractivity contribution in [2.45, 2.75) is 33.1 Å². The maximum Gasteiger partial charge on any atom is 0.374 e. The lowest BCUT2D eigenvalue weighted by molar-refractivity contribution is -0.153. The second-order valence-electron chi connectivity index (χ2n) is 3.48. The van der Waals surface area contributed by atoms with Gasteiger partial charge in [0.05, 0.1) is 13.0 Å². The third kappa shape index (κ3) is 3.38. The lowest BCUT2D eigenvalue weighted by atomic mass is 9.97. The Labute approximate surface area is 89.2 Å². The molecule has 0 fully saturated rings. The topological polar surface area (TPSA) is 52.6 Å². The van der Waals surface area contributed by atoms with Crippen molar-refractivity contribution in [2.75, 3.05) is 6.61 Å². The van der Waals surface area contributed by atoms with Crippen molar-refractivity contribution in [2.24, 2.45) is 5.92 Å². The Morgan fingerprint density at radius 2 is 2.33 bits per heavy atom. The van der Waals surface area contributed by atoms with Crippen LogP contribution in [0.4, 0.5) is 0 Å². The first-order valence-electron chi connectivity index (χ1n) is 5.27. The van der Waals surface area contributed by atoms with Gasteiger partial charge in [0.25, 0.3) is 0 Å². The number of carbonyl (C=O) groups excluding carboxylic acids is 2. The molecule has 15 heavy (non-hydrogen) atoms. The molecule has 0 aromatic carbocycles. The molecule has 0 aliphatic carbocycles. The summed E-state index contributed by atoms with van der Waals surface area (Å²) in [4.78, 5) is 22.5. The monoisotopic (exact) mass is 212 g/mol. The van der Waals surface area contributed by atoms with Crippen molar-refractivity contribution in [3.05, 3.63) is 11.8 Å². The van der Waals surface area contributed by atoms with E-state index in [1.54, 1.807) is 13.0 Å². The van der Waals surface area contributed by atoms with Crippen molar-refractivity contribution >= 4 is 11.9 Å². The van der Waals surface area contributed by atoms with Crippen molar-refractivity contribution in [1.29, 1.82) is 0 Å². The van der Waals surface area contributed by atoms with E-state index in [-0.39, 0.29) is 24.3 Å². The lowest BCUT2D eigenvalue weighted by Crippen LogP contribution is -2.22. The molecule has 0 saturated carbocycles. The fraction of sp³-hybridized carbons (Fsp3) is 0.636. The van der Waals surface area contributed by atoms with Crippen molar-refractivity contribution in [1.82, 2.24) is 0 Å². The molecule has 1 atom stereocenters. The van der Waals surface area contributed by atoms with E-state index in [1.807, 2.05) is 6.92 Å². The predicted molar refractivity (Wildman–Crippen MR) is 53.8 cm³/mol. The zero-order valence-electron chi connectivity index (χ0n) is 9.12. The quantitative estimate of drug-likeness (QED) is 0.667. The van der Waals surface area contributed by atoms with E-state index in [2.05, 4.69) is 0 Å². The summed E-state index contributed by atoms with van der Waals surface area (Å²) < 4.78 is 9.60. The first-order chi connectivity index (χ1) is 7.17. The molecule has 1 aliphatic heterocycles. The second-order valence-corrected chi connectivity index (χ2v) is 3.48. The highest BCUT2D eigenvalue weighted by Crippen LogP contribution is 2.22. The second kappa shape index (κ2) is 5.53. The predicted octanol–water partition coefficient (Wildman–Crippen LogP) is 1.80. The van der Waals surface area contributed by atoms with Crippen LogP contribution in [0.25, 0.3) is 0 Å². The van der Waals surface area contributed by atoms with Gasteiger partial charge in [-0.1, -0.05) is 13.3 Å². The summed E-state index contributed by atoms with van der Waals surface area (Å²) in [5.74, 6) is -0.743. The smallest absolute Gasteiger partial charge is 0.374 e. The zero-order valence-corrected chi connectivity index (χ0v) is 9.12. The molecule has 1 aliphatic rings. The van der Waals surface area contributed by atoms with Gasteiger partial charge in [-0.2, -0.15) is 0 Å². The van der Waals surface area contributed by atoms with Crippen molar-refractivity contribution < 1.29 is 19.1 Å². The Kier molecular flexibility index (Phi) is 4.34. The van der Waals surface area contributed by atoms with Crippen LogP contribution in [0.1, 0.15) is 33.1 Å². The molecule has 0 spiro atoms. The van der Waals surface area contributed by atoms with Gasteiger partial charge in [0.2, 0.25) is 5.76 Å². The SMILES string of the molecule is CCC[C@H]1C=C(C(=O)OCC)OC(=O)C1. The molecule has 0 aromatic heterocycles. The molecule has 0 bridgehead atoms. The number of hydrogen-bond donors (Lipinski definition) is 0. The average Bonchev–Trinajstić information content (AvgIpc) is 2.17. The first-order valence-corrected chi connectivity index (χ1v) is 5.27. The van der Waals surface area contributed by atoms with Gasteiger partial charge in [-0.05, 0) is 25.3 Å². The minimum atomic E-state index is -0.549. The Hall–Kier alpha value is -1.32. The number of rotatable bonds is 4. The fourth-order valence-electron chi connectivity index (χ4n) is 1.55. The van der Waals surface area contributed by atoms with Crippen LogP contribution in [-0.4, -0.2) is 18.5 Å². The van der Waals surface area contributed by atoms with Crippen LogP contribution in [0.5, 0.6) is 0 Å². The van der Waals surface area contributed by atoms with Crippen LogP contribution in [0.3, 0.4) is 0 Å². The number of esters is 2. The molecule has 0 amide bonds. The van der Waals surface area contributed by atoms with Gasteiger partial charge >= 0.3 is 11.9 Å². The maximum absolute atomic E-state index is 11.3. The zero-order chi connectivity index (χ0) is 11.3. The van der Waals surface area contributed by atoms with E-state index in [4.69, 9.17) is 9.47 Å². The van der Waals surface area contributed by atoms with Crippen LogP contribution < -0.4 is 0 Å². The van der Waals surface area contributed by atoms with Crippen LogP contribution in [0.2, 0.25) is 0 Å². The summed E-state index contributed by atoms with van der Waals surface area (Å²) in [6, 6.07) is 0. The number of hydrogen-bond acceptors (Lipinski definition) is 4. The molecular formula is C11H16O4. The van der Waals surface area contributed by atoms with Gasteiger partial charge in [0, 0.05) is 0 Å². The average molecular weight is 212 g/mol. The van der Waals surface area contributed by atoms with Gasteiger partial charge in [-0.15, -0.1) is 0 Å². The summed E-state index contributed by atoms with van der Waals surface area (Å²) in [6.45, 7) is 4.04.